The summed E-state index contributed by atoms with van der Waals surface area (Å²) >= 11 is 0. The van der Waals surface area contributed by atoms with Crippen LogP contribution in [0, 0.1) is 10.1 Å². The van der Waals surface area contributed by atoms with E-state index in [9.17, 15) is 20.0 Å². The van der Waals surface area contributed by atoms with Crippen molar-refractivity contribution in [1.29, 1.82) is 0 Å². The predicted octanol–water partition coefficient (Wildman–Crippen LogP) is 4.29. The molecule has 9 heteroatoms. The van der Waals surface area contributed by atoms with Gasteiger partial charge in [0.25, 0.3) is 5.91 Å². The second kappa shape index (κ2) is 7.28. The number of nitrogens with one attached hydrogen (secondary N) is 2. The summed E-state index contributed by atoms with van der Waals surface area (Å²) in [6, 6.07) is 12.7. The Kier molecular flexibility index (Phi) is 4.63. The number of anilines is 3. The van der Waals surface area contributed by atoms with Gasteiger partial charge in [-0.05, 0) is 35.4 Å². The predicted molar refractivity (Wildman–Crippen MR) is 111 cm³/mol. The minimum atomic E-state index is -0.509. The topological polar surface area (TPSA) is 123 Å². The lowest BCUT2D eigenvalue weighted by Crippen LogP contribution is -2.10. The van der Waals surface area contributed by atoms with E-state index in [2.05, 4.69) is 10.6 Å². The lowest BCUT2D eigenvalue weighted by molar-refractivity contribution is -0.385. The van der Waals surface area contributed by atoms with Gasteiger partial charge >= 0.3 is 5.69 Å². The summed E-state index contributed by atoms with van der Waals surface area (Å²) in [5.74, 6) is -0.0319. The van der Waals surface area contributed by atoms with Crippen LogP contribution in [-0.2, 0) is 0 Å². The van der Waals surface area contributed by atoms with Gasteiger partial charge in [-0.25, -0.2) is 0 Å². The van der Waals surface area contributed by atoms with Crippen LogP contribution in [0.2, 0.25) is 0 Å². The number of rotatable bonds is 4. The highest BCUT2D eigenvalue weighted by atomic mass is 16.6. The molecule has 0 radical (unpaired) electrons. The van der Waals surface area contributed by atoms with Gasteiger partial charge in [0.15, 0.2) is 17.2 Å². The molecule has 1 amide bonds. The van der Waals surface area contributed by atoms with Crippen LogP contribution in [0.4, 0.5) is 22.7 Å². The Morgan fingerprint density at radius 1 is 0.867 bits per heavy atom. The molecule has 1 aliphatic heterocycles. The molecule has 9 nitrogen and oxygen atoms in total. The van der Waals surface area contributed by atoms with E-state index >= 15 is 0 Å². The molecule has 3 aromatic carbocycles. The molecule has 4 rings (SSSR count). The van der Waals surface area contributed by atoms with Gasteiger partial charge in [-0.3, -0.25) is 14.9 Å². The number of ether oxygens (including phenoxy) is 2. The van der Waals surface area contributed by atoms with Gasteiger partial charge in [0, 0.05) is 18.2 Å². The molecule has 1 heterocycles. The molecule has 0 aromatic heterocycles. The highest BCUT2D eigenvalue weighted by Crippen LogP contribution is 2.41. The summed E-state index contributed by atoms with van der Waals surface area (Å²) in [5, 5.41) is 27.1. The van der Waals surface area contributed by atoms with Gasteiger partial charge in [-0.15, -0.1) is 0 Å². The normalized spacial score (nSPS) is 12.0. The van der Waals surface area contributed by atoms with E-state index in [1.807, 2.05) is 0 Å². The number of phenols is 1. The Morgan fingerprint density at radius 3 is 2.23 bits per heavy atom. The Labute approximate surface area is 171 Å². The average Bonchev–Trinajstić information content (AvgIpc) is 2.87. The molecule has 1 aliphatic rings. The maximum Gasteiger partial charge on any atom is 0.310 e. The number of benzene rings is 3. The number of aromatic hydroxyl groups is 1. The molecule has 0 bridgehead atoms. The average molecular weight is 407 g/mol. The lowest BCUT2D eigenvalue weighted by atomic mass is 10.0. The van der Waals surface area contributed by atoms with Gasteiger partial charge < -0.3 is 25.2 Å². The van der Waals surface area contributed by atoms with Crippen molar-refractivity contribution >= 4 is 28.7 Å². The Balaban J connectivity index is 1.79. The third kappa shape index (κ3) is 3.22. The smallest absolute Gasteiger partial charge is 0.310 e. The number of hydrogen-bond acceptors (Lipinski definition) is 7. The van der Waals surface area contributed by atoms with Crippen LogP contribution >= 0.6 is 0 Å². The maximum absolute atomic E-state index is 12.6. The summed E-state index contributed by atoms with van der Waals surface area (Å²) < 4.78 is 10.3. The number of amides is 1. The summed E-state index contributed by atoms with van der Waals surface area (Å²) in [7, 11) is 2.81. The van der Waals surface area contributed by atoms with Gasteiger partial charge in [-0.2, -0.15) is 0 Å². The van der Waals surface area contributed by atoms with Crippen LogP contribution in [0.1, 0.15) is 10.4 Å². The molecule has 0 fully saturated rings. The lowest BCUT2D eigenvalue weighted by Gasteiger charge is -2.13. The van der Waals surface area contributed by atoms with Crippen molar-refractivity contribution in [2.75, 3.05) is 24.9 Å². The zero-order chi connectivity index (χ0) is 21.4. The van der Waals surface area contributed by atoms with E-state index in [1.54, 1.807) is 36.4 Å². The summed E-state index contributed by atoms with van der Waals surface area (Å²) in [4.78, 5) is 23.3. The molecule has 152 valence electrons. The number of nitrogens with zero attached hydrogens (tertiary/aromatic N) is 1. The summed E-state index contributed by atoms with van der Waals surface area (Å²) in [6.07, 6.45) is 0. The number of carbonyl (C=O) groups is 1. The number of hydrogen-bond donors (Lipinski definition) is 3. The summed E-state index contributed by atoms with van der Waals surface area (Å²) in [5.41, 5.74) is 3.19. The van der Waals surface area contributed by atoms with Gasteiger partial charge in [0.05, 0.1) is 41.8 Å². The van der Waals surface area contributed by atoms with Crippen LogP contribution in [0.25, 0.3) is 11.1 Å². The number of phenolic OH excluding ortho intramolecular Hbond substituents is 1. The molecule has 0 unspecified atom stereocenters. The first-order valence-electron chi connectivity index (χ1n) is 8.87. The molecule has 0 saturated carbocycles. The first-order valence-corrected chi connectivity index (χ1v) is 8.87. The first-order chi connectivity index (χ1) is 14.4. The molecular formula is C21H17N3O6. The third-order valence-electron chi connectivity index (χ3n) is 4.81. The van der Waals surface area contributed by atoms with Gasteiger partial charge in [-0.1, -0.05) is 6.07 Å². The van der Waals surface area contributed by atoms with Crippen molar-refractivity contribution < 1.29 is 24.3 Å². The van der Waals surface area contributed by atoms with E-state index in [-0.39, 0.29) is 28.8 Å². The largest absolute Gasteiger partial charge is 0.504 e. The Bertz CT molecular complexity index is 1190. The number of methoxy groups -OCH3 is 2. The zero-order valence-corrected chi connectivity index (χ0v) is 16.1. The molecule has 30 heavy (non-hydrogen) atoms. The van der Waals surface area contributed by atoms with Crippen molar-refractivity contribution in [1.82, 2.24) is 0 Å². The molecule has 0 saturated heterocycles. The third-order valence-corrected chi connectivity index (χ3v) is 4.81. The Hall–Kier alpha value is -4.27. The van der Waals surface area contributed by atoms with Crippen molar-refractivity contribution in [3.05, 3.63) is 64.2 Å². The molecule has 3 aromatic rings. The van der Waals surface area contributed by atoms with Crippen molar-refractivity contribution in [3.63, 3.8) is 0 Å². The second-order valence-corrected chi connectivity index (χ2v) is 6.55. The molecule has 0 spiro atoms. The van der Waals surface area contributed by atoms with E-state index in [1.165, 1.54) is 26.4 Å². The number of nitro groups is 1. The van der Waals surface area contributed by atoms with E-state index in [0.717, 1.165) is 5.56 Å². The van der Waals surface area contributed by atoms with Crippen LogP contribution in [0.5, 0.6) is 17.2 Å². The minimum absolute atomic E-state index is 0.0945. The molecule has 0 atom stereocenters. The first kappa shape index (κ1) is 19.1. The highest BCUT2D eigenvalue weighted by molar-refractivity contribution is 6.12. The van der Waals surface area contributed by atoms with Crippen LogP contribution in [-0.4, -0.2) is 30.2 Å². The fourth-order valence-electron chi connectivity index (χ4n) is 3.31. The minimum Gasteiger partial charge on any atom is -0.504 e. The standard InChI is InChI=1S/C21H17N3O6/c1-29-19-8-12(4-6-17(19)24(27)28)11-3-5-13-14(7-11)22-16-10-20(30-2)18(25)9-15(16)23-21(13)26/h3-10,22,25H,1-2H3,(H,23,26). The quantitative estimate of drug-likeness (QED) is 0.335. The zero-order valence-electron chi connectivity index (χ0n) is 16.1. The van der Waals surface area contributed by atoms with Crippen molar-refractivity contribution in [2.24, 2.45) is 0 Å². The fourth-order valence-corrected chi connectivity index (χ4v) is 3.31. The van der Waals surface area contributed by atoms with E-state index in [4.69, 9.17) is 9.47 Å². The van der Waals surface area contributed by atoms with Crippen molar-refractivity contribution in [3.8, 4) is 28.4 Å². The van der Waals surface area contributed by atoms with Crippen LogP contribution < -0.4 is 20.1 Å². The van der Waals surface area contributed by atoms with E-state index in [0.29, 0.717) is 28.2 Å². The Morgan fingerprint density at radius 2 is 1.53 bits per heavy atom. The van der Waals surface area contributed by atoms with Crippen LogP contribution in [0.15, 0.2) is 48.5 Å². The second-order valence-electron chi connectivity index (χ2n) is 6.55. The van der Waals surface area contributed by atoms with E-state index < -0.39 is 4.92 Å². The summed E-state index contributed by atoms with van der Waals surface area (Å²) in [6.45, 7) is 0. The maximum atomic E-state index is 12.6. The monoisotopic (exact) mass is 407 g/mol. The van der Waals surface area contributed by atoms with Crippen molar-refractivity contribution in [2.45, 2.75) is 0 Å². The SMILES string of the molecule is COc1cc2c(cc1O)NC(=O)c1ccc(-c3ccc([N+](=O)[O-])c(OC)c3)cc1N2. The molecular weight excluding hydrogens is 390 g/mol. The highest BCUT2D eigenvalue weighted by Gasteiger charge is 2.22. The van der Waals surface area contributed by atoms with Gasteiger partial charge in [0.2, 0.25) is 0 Å². The number of carbonyl (C=O) groups excluding carboxylic acids is 1. The van der Waals surface area contributed by atoms with Gasteiger partial charge in [0.1, 0.15) is 0 Å². The fraction of sp³-hybridized carbons (Fsp3) is 0.0952. The molecule has 0 aliphatic carbocycles. The number of nitro benzene ring substituents is 1. The number of fused-ring (bicyclic) bond motifs is 2. The molecule has 3 N–H and O–H groups in total. The van der Waals surface area contributed by atoms with Crippen LogP contribution in [0.3, 0.4) is 0 Å².